The maximum Gasteiger partial charge on any atom is 0.255 e. The molecular weight excluding hydrogens is 338 g/mol. The Morgan fingerprint density at radius 1 is 1.22 bits per heavy atom. The van der Waals surface area contributed by atoms with E-state index in [4.69, 9.17) is 11.6 Å². The molecule has 6 nitrogen and oxygen atoms in total. The minimum absolute atomic E-state index is 0.0717. The van der Waals surface area contributed by atoms with Crippen molar-refractivity contribution >= 4 is 27.5 Å². The van der Waals surface area contributed by atoms with E-state index in [9.17, 15) is 13.2 Å². The number of benzene rings is 1. The van der Waals surface area contributed by atoms with E-state index in [0.29, 0.717) is 13.1 Å². The molecule has 1 aromatic rings. The van der Waals surface area contributed by atoms with Gasteiger partial charge in [-0.15, -0.1) is 0 Å². The first-order valence-electron chi connectivity index (χ1n) is 7.51. The Bertz CT molecular complexity index is 683. The summed E-state index contributed by atoms with van der Waals surface area (Å²) in [5.41, 5.74) is 0.236. The summed E-state index contributed by atoms with van der Waals surface area (Å²) < 4.78 is 25.6. The third-order valence-electron chi connectivity index (χ3n) is 4.05. The van der Waals surface area contributed by atoms with Crippen LogP contribution in [0.15, 0.2) is 23.1 Å². The molecule has 0 N–H and O–H groups in total. The molecule has 1 aliphatic rings. The molecule has 0 unspecified atom stereocenters. The van der Waals surface area contributed by atoms with Crippen molar-refractivity contribution < 1.29 is 13.2 Å². The molecule has 1 heterocycles. The second-order valence-corrected chi connectivity index (χ2v) is 8.21. The Morgan fingerprint density at radius 3 is 2.35 bits per heavy atom. The standard InChI is InChI=1S/C15H22ClN3O3S/c1-4-18-7-9-19(10-8-18)15(20)13-11-12(5-6-14(13)16)23(21,22)17(2)3/h5-6,11H,4,7-10H2,1-3H3. The first kappa shape index (κ1) is 18.2. The van der Waals surface area contributed by atoms with Crippen LogP contribution in [-0.4, -0.2) is 75.2 Å². The highest BCUT2D eigenvalue weighted by molar-refractivity contribution is 7.89. The first-order chi connectivity index (χ1) is 10.8. The lowest BCUT2D eigenvalue weighted by Crippen LogP contribution is -2.48. The minimum Gasteiger partial charge on any atom is -0.336 e. The second-order valence-electron chi connectivity index (χ2n) is 5.66. The lowest BCUT2D eigenvalue weighted by atomic mass is 10.2. The van der Waals surface area contributed by atoms with Crippen LogP contribution < -0.4 is 0 Å². The van der Waals surface area contributed by atoms with Gasteiger partial charge in [0.05, 0.1) is 15.5 Å². The van der Waals surface area contributed by atoms with Gasteiger partial charge in [0.25, 0.3) is 5.91 Å². The van der Waals surface area contributed by atoms with Crippen molar-refractivity contribution in [3.63, 3.8) is 0 Å². The van der Waals surface area contributed by atoms with Gasteiger partial charge in [-0.2, -0.15) is 0 Å². The van der Waals surface area contributed by atoms with Gasteiger partial charge in [0.1, 0.15) is 0 Å². The van der Waals surface area contributed by atoms with E-state index in [1.54, 1.807) is 4.90 Å². The normalized spacial score (nSPS) is 16.8. The number of amides is 1. The topological polar surface area (TPSA) is 60.9 Å². The number of likely N-dealkylation sites (N-methyl/N-ethyl adjacent to an activating group) is 1. The van der Waals surface area contributed by atoms with Crippen LogP contribution in [0.4, 0.5) is 0 Å². The zero-order chi connectivity index (χ0) is 17.2. The maximum absolute atomic E-state index is 12.7. The summed E-state index contributed by atoms with van der Waals surface area (Å²) in [4.78, 5) is 16.7. The fourth-order valence-electron chi connectivity index (χ4n) is 2.48. The lowest BCUT2D eigenvalue weighted by molar-refractivity contribution is 0.0643. The van der Waals surface area contributed by atoms with Crippen molar-refractivity contribution in [1.29, 1.82) is 0 Å². The zero-order valence-electron chi connectivity index (χ0n) is 13.6. The molecule has 0 aliphatic carbocycles. The average molecular weight is 360 g/mol. The summed E-state index contributed by atoms with van der Waals surface area (Å²) >= 11 is 6.13. The fourth-order valence-corrected chi connectivity index (χ4v) is 3.60. The summed E-state index contributed by atoms with van der Waals surface area (Å²) in [6.07, 6.45) is 0. The number of hydrogen-bond donors (Lipinski definition) is 0. The number of rotatable bonds is 4. The van der Waals surface area contributed by atoms with Crippen LogP contribution in [0.2, 0.25) is 5.02 Å². The molecule has 1 saturated heterocycles. The zero-order valence-corrected chi connectivity index (χ0v) is 15.2. The summed E-state index contributed by atoms with van der Waals surface area (Å²) in [6, 6.07) is 4.25. The highest BCUT2D eigenvalue weighted by atomic mass is 35.5. The Kier molecular flexibility index (Phi) is 5.67. The van der Waals surface area contributed by atoms with E-state index in [2.05, 4.69) is 11.8 Å². The number of nitrogens with zero attached hydrogens (tertiary/aromatic N) is 3. The summed E-state index contributed by atoms with van der Waals surface area (Å²) in [5, 5.41) is 0.269. The smallest absolute Gasteiger partial charge is 0.255 e. The summed E-state index contributed by atoms with van der Waals surface area (Å²) in [5.74, 6) is -0.221. The predicted molar refractivity (Wildman–Crippen MR) is 90.3 cm³/mol. The van der Waals surface area contributed by atoms with E-state index in [1.807, 2.05) is 0 Å². The number of carbonyl (C=O) groups is 1. The molecule has 2 rings (SSSR count). The van der Waals surface area contributed by atoms with Crippen molar-refractivity contribution in [2.45, 2.75) is 11.8 Å². The molecular formula is C15H22ClN3O3S. The van der Waals surface area contributed by atoms with Gasteiger partial charge in [0.15, 0.2) is 0 Å². The third kappa shape index (κ3) is 3.85. The van der Waals surface area contributed by atoms with Gasteiger partial charge in [0, 0.05) is 40.3 Å². The van der Waals surface area contributed by atoms with Crippen LogP contribution in [0.25, 0.3) is 0 Å². The van der Waals surface area contributed by atoms with Crippen molar-refractivity contribution in [3.8, 4) is 0 Å². The van der Waals surface area contributed by atoms with E-state index < -0.39 is 10.0 Å². The molecule has 1 amide bonds. The van der Waals surface area contributed by atoms with Crippen LogP contribution in [-0.2, 0) is 10.0 Å². The number of halogens is 1. The van der Waals surface area contributed by atoms with Crippen molar-refractivity contribution in [2.75, 3.05) is 46.8 Å². The minimum atomic E-state index is -3.60. The summed E-state index contributed by atoms with van der Waals surface area (Å²) in [6.45, 7) is 5.91. The largest absolute Gasteiger partial charge is 0.336 e. The molecule has 8 heteroatoms. The number of hydrogen-bond acceptors (Lipinski definition) is 4. The molecule has 1 fully saturated rings. The van der Waals surface area contributed by atoms with E-state index in [0.717, 1.165) is 23.9 Å². The van der Waals surface area contributed by atoms with Crippen LogP contribution in [0.3, 0.4) is 0 Å². The molecule has 1 aromatic carbocycles. The Labute approximate surface area is 142 Å². The average Bonchev–Trinajstić information content (AvgIpc) is 2.54. The third-order valence-corrected chi connectivity index (χ3v) is 6.19. The van der Waals surface area contributed by atoms with Crippen LogP contribution in [0.5, 0.6) is 0 Å². The first-order valence-corrected chi connectivity index (χ1v) is 9.33. The van der Waals surface area contributed by atoms with Gasteiger partial charge < -0.3 is 9.80 Å². The number of sulfonamides is 1. The molecule has 0 spiro atoms. The van der Waals surface area contributed by atoms with E-state index in [1.165, 1.54) is 32.3 Å². The van der Waals surface area contributed by atoms with Gasteiger partial charge >= 0.3 is 0 Å². The molecule has 128 valence electrons. The fraction of sp³-hybridized carbons (Fsp3) is 0.533. The molecule has 0 saturated carbocycles. The highest BCUT2D eigenvalue weighted by Gasteiger charge is 2.25. The molecule has 1 aliphatic heterocycles. The van der Waals surface area contributed by atoms with Crippen LogP contribution in [0.1, 0.15) is 17.3 Å². The SMILES string of the molecule is CCN1CCN(C(=O)c2cc(S(=O)(=O)N(C)C)ccc2Cl)CC1. The van der Waals surface area contributed by atoms with Gasteiger partial charge in [-0.3, -0.25) is 4.79 Å². The Morgan fingerprint density at radius 2 is 1.83 bits per heavy atom. The Balaban J connectivity index is 2.27. The van der Waals surface area contributed by atoms with Gasteiger partial charge in [-0.25, -0.2) is 12.7 Å². The van der Waals surface area contributed by atoms with Gasteiger partial charge in [-0.1, -0.05) is 18.5 Å². The lowest BCUT2D eigenvalue weighted by Gasteiger charge is -2.34. The highest BCUT2D eigenvalue weighted by Crippen LogP contribution is 2.24. The second kappa shape index (κ2) is 7.17. The van der Waals surface area contributed by atoms with Crippen LogP contribution in [0, 0.1) is 0 Å². The number of piperazine rings is 1. The molecule has 0 bridgehead atoms. The van der Waals surface area contributed by atoms with Crippen molar-refractivity contribution in [2.24, 2.45) is 0 Å². The predicted octanol–water partition coefficient (Wildman–Crippen LogP) is 1.37. The quantitative estimate of drug-likeness (QED) is 0.814. The van der Waals surface area contributed by atoms with Crippen molar-refractivity contribution in [3.05, 3.63) is 28.8 Å². The molecule has 0 aromatic heterocycles. The van der Waals surface area contributed by atoms with E-state index >= 15 is 0 Å². The monoisotopic (exact) mass is 359 g/mol. The number of carbonyl (C=O) groups excluding carboxylic acids is 1. The maximum atomic E-state index is 12.7. The summed E-state index contributed by atoms with van der Waals surface area (Å²) in [7, 11) is -0.690. The van der Waals surface area contributed by atoms with Crippen molar-refractivity contribution in [1.82, 2.24) is 14.1 Å². The van der Waals surface area contributed by atoms with Crippen LogP contribution >= 0.6 is 11.6 Å². The Hall–Kier alpha value is -1.15. The molecule has 0 radical (unpaired) electrons. The van der Waals surface area contributed by atoms with Gasteiger partial charge in [0.2, 0.25) is 10.0 Å². The molecule has 23 heavy (non-hydrogen) atoms. The van der Waals surface area contributed by atoms with Gasteiger partial charge in [-0.05, 0) is 24.7 Å². The van der Waals surface area contributed by atoms with E-state index in [-0.39, 0.29) is 21.4 Å². The molecule has 0 atom stereocenters.